The highest BCUT2D eigenvalue weighted by atomic mass is 15.4. The Bertz CT molecular complexity index is 672. The monoisotopic (exact) mass is 238 g/mol. The van der Waals surface area contributed by atoms with Gasteiger partial charge >= 0.3 is 0 Å². The zero-order valence-electron chi connectivity index (χ0n) is 10.2. The lowest BCUT2D eigenvalue weighted by Gasteiger charge is -2.05. The number of aromatic nitrogens is 3. The van der Waals surface area contributed by atoms with Crippen LogP contribution in [0.5, 0.6) is 0 Å². The molecule has 0 aliphatic carbocycles. The molecule has 4 heteroatoms. The van der Waals surface area contributed by atoms with Crippen LogP contribution < -0.4 is 5.32 Å². The zero-order valence-corrected chi connectivity index (χ0v) is 10.2. The maximum absolute atomic E-state index is 4.04. The maximum Gasteiger partial charge on any atom is 0.102 e. The Kier molecular flexibility index (Phi) is 2.68. The van der Waals surface area contributed by atoms with Crippen molar-refractivity contribution in [1.29, 1.82) is 0 Å². The SMILES string of the molecule is Cn1cc(CNc2ccc3ccccc3c2)nn1. The number of fused-ring (bicyclic) bond motifs is 1. The zero-order chi connectivity index (χ0) is 12.4. The van der Waals surface area contributed by atoms with E-state index < -0.39 is 0 Å². The van der Waals surface area contributed by atoms with E-state index in [0.717, 1.165) is 11.4 Å². The summed E-state index contributed by atoms with van der Waals surface area (Å²) >= 11 is 0. The van der Waals surface area contributed by atoms with E-state index in [9.17, 15) is 0 Å². The van der Waals surface area contributed by atoms with Gasteiger partial charge in [0.05, 0.1) is 6.54 Å². The summed E-state index contributed by atoms with van der Waals surface area (Å²) in [5.74, 6) is 0. The third kappa shape index (κ3) is 2.18. The van der Waals surface area contributed by atoms with Crippen LogP contribution in [-0.4, -0.2) is 15.0 Å². The summed E-state index contributed by atoms with van der Waals surface area (Å²) in [6.07, 6.45) is 1.91. The van der Waals surface area contributed by atoms with Crippen molar-refractivity contribution in [1.82, 2.24) is 15.0 Å². The summed E-state index contributed by atoms with van der Waals surface area (Å²) in [5, 5.41) is 13.8. The van der Waals surface area contributed by atoms with Crippen molar-refractivity contribution in [3.05, 3.63) is 54.4 Å². The van der Waals surface area contributed by atoms with Crippen molar-refractivity contribution < 1.29 is 0 Å². The molecule has 2 aromatic carbocycles. The molecule has 0 saturated heterocycles. The Morgan fingerprint density at radius 2 is 1.94 bits per heavy atom. The van der Waals surface area contributed by atoms with Gasteiger partial charge in [-0.25, -0.2) is 0 Å². The molecule has 0 unspecified atom stereocenters. The Labute approximate surface area is 105 Å². The minimum Gasteiger partial charge on any atom is -0.379 e. The van der Waals surface area contributed by atoms with E-state index in [4.69, 9.17) is 0 Å². The van der Waals surface area contributed by atoms with Gasteiger partial charge in [-0.1, -0.05) is 35.5 Å². The average molecular weight is 238 g/mol. The first-order chi connectivity index (χ1) is 8.81. The number of anilines is 1. The van der Waals surface area contributed by atoms with Crippen molar-refractivity contribution in [3.8, 4) is 0 Å². The van der Waals surface area contributed by atoms with Crippen LogP contribution in [0.4, 0.5) is 5.69 Å². The van der Waals surface area contributed by atoms with Gasteiger partial charge in [0, 0.05) is 18.9 Å². The van der Waals surface area contributed by atoms with Gasteiger partial charge in [-0.15, -0.1) is 5.10 Å². The molecule has 0 radical (unpaired) electrons. The van der Waals surface area contributed by atoms with Gasteiger partial charge < -0.3 is 5.32 Å². The molecule has 0 aliphatic heterocycles. The Balaban J connectivity index is 1.78. The van der Waals surface area contributed by atoms with Gasteiger partial charge in [0.1, 0.15) is 5.69 Å². The van der Waals surface area contributed by atoms with E-state index in [0.29, 0.717) is 6.54 Å². The summed E-state index contributed by atoms with van der Waals surface area (Å²) in [4.78, 5) is 0. The summed E-state index contributed by atoms with van der Waals surface area (Å²) < 4.78 is 1.71. The van der Waals surface area contributed by atoms with Crippen LogP contribution in [0, 0.1) is 0 Å². The minimum atomic E-state index is 0.687. The lowest BCUT2D eigenvalue weighted by molar-refractivity contribution is 0.713. The van der Waals surface area contributed by atoms with Crippen molar-refractivity contribution >= 4 is 16.5 Å². The molecule has 0 fully saturated rings. The van der Waals surface area contributed by atoms with Gasteiger partial charge in [0.15, 0.2) is 0 Å². The van der Waals surface area contributed by atoms with Gasteiger partial charge in [0.25, 0.3) is 0 Å². The number of nitrogens with zero attached hydrogens (tertiary/aromatic N) is 3. The van der Waals surface area contributed by atoms with Gasteiger partial charge in [-0.05, 0) is 22.9 Å². The molecule has 0 amide bonds. The van der Waals surface area contributed by atoms with E-state index in [1.165, 1.54) is 10.8 Å². The first-order valence-electron chi connectivity index (χ1n) is 5.89. The molecule has 1 N–H and O–H groups in total. The molecule has 18 heavy (non-hydrogen) atoms. The van der Waals surface area contributed by atoms with Crippen LogP contribution in [0.3, 0.4) is 0 Å². The quantitative estimate of drug-likeness (QED) is 0.762. The Morgan fingerprint density at radius 3 is 2.72 bits per heavy atom. The highest BCUT2D eigenvalue weighted by Crippen LogP contribution is 2.19. The lowest BCUT2D eigenvalue weighted by atomic mass is 10.1. The van der Waals surface area contributed by atoms with E-state index in [1.54, 1.807) is 4.68 Å². The third-order valence-electron chi connectivity index (χ3n) is 2.87. The van der Waals surface area contributed by atoms with E-state index >= 15 is 0 Å². The molecule has 0 atom stereocenters. The predicted molar refractivity (Wildman–Crippen MR) is 72.3 cm³/mol. The minimum absolute atomic E-state index is 0.687. The van der Waals surface area contributed by atoms with E-state index in [1.807, 2.05) is 13.2 Å². The second-order valence-corrected chi connectivity index (χ2v) is 4.30. The summed E-state index contributed by atoms with van der Waals surface area (Å²) in [5.41, 5.74) is 2.03. The second-order valence-electron chi connectivity index (χ2n) is 4.30. The number of hydrogen-bond acceptors (Lipinski definition) is 3. The number of rotatable bonds is 3. The molecule has 90 valence electrons. The van der Waals surface area contributed by atoms with Crippen molar-refractivity contribution in [2.45, 2.75) is 6.54 Å². The van der Waals surface area contributed by atoms with Crippen LogP contribution in [0.15, 0.2) is 48.7 Å². The normalized spacial score (nSPS) is 10.7. The van der Waals surface area contributed by atoms with E-state index in [-0.39, 0.29) is 0 Å². The second kappa shape index (κ2) is 4.49. The van der Waals surface area contributed by atoms with Crippen LogP contribution in [0.25, 0.3) is 10.8 Å². The summed E-state index contributed by atoms with van der Waals surface area (Å²) in [6, 6.07) is 14.7. The van der Waals surface area contributed by atoms with Crippen molar-refractivity contribution in [2.75, 3.05) is 5.32 Å². The molecule has 0 aliphatic rings. The highest BCUT2D eigenvalue weighted by molar-refractivity contribution is 5.85. The topological polar surface area (TPSA) is 42.7 Å². The molecule has 0 bridgehead atoms. The largest absolute Gasteiger partial charge is 0.379 e. The first kappa shape index (κ1) is 10.8. The van der Waals surface area contributed by atoms with Crippen LogP contribution in [-0.2, 0) is 13.6 Å². The van der Waals surface area contributed by atoms with Crippen LogP contribution >= 0.6 is 0 Å². The number of benzene rings is 2. The van der Waals surface area contributed by atoms with Crippen LogP contribution in [0.2, 0.25) is 0 Å². The van der Waals surface area contributed by atoms with Gasteiger partial charge in [-0.2, -0.15) is 0 Å². The molecule has 3 aromatic rings. The molecule has 1 aromatic heterocycles. The molecule has 0 saturated carbocycles. The summed E-state index contributed by atoms with van der Waals surface area (Å²) in [7, 11) is 1.87. The molecule has 0 spiro atoms. The van der Waals surface area contributed by atoms with Crippen molar-refractivity contribution in [2.24, 2.45) is 7.05 Å². The van der Waals surface area contributed by atoms with Gasteiger partial charge in [0.2, 0.25) is 0 Å². The van der Waals surface area contributed by atoms with Crippen LogP contribution in [0.1, 0.15) is 5.69 Å². The molecule has 3 rings (SSSR count). The third-order valence-corrected chi connectivity index (χ3v) is 2.87. The predicted octanol–water partition coefficient (Wildman–Crippen LogP) is 2.58. The Morgan fingerprint density at radius 1 is 1.11 bits per heavy atom. The standard InChI is InChI=1S/C14H14N4/c1-18-10-14(16-17-18)9-15-13-7-6-11-4-2-3-5-12(11)8-13/h2-8,10,15H,9H2,1H3. The lowest BCUT2D eigenvalue weighted by Crippen LogP contribution is -1.99. The maximum atomic E-state index is 4.04. The fourth-order valence-electron chi connectivity index (χ4n) is 1.97. The molecular weight excluding hydrogens is 224 g/mol. The molecule has 1 heterocycles. The average Bonchev–Trinajstić information content (AvgIpc) is 2.82. The van der Waals surface area contributed by atoms with E-state index in [2.05, 4.69) is 58.1 Å². The van der Waals surface area contributed by atoms with Gasteiger partial charge in [-0.3, -0.25) is 4.68 Å². The highest BCUT2D eigenvalue weighted by Gasteiger charge is 1.99. The number of hydrogen-bond donors (Lipinski definition) is 1. The first-order valence-corrected chi connectivity index (χ1v) is 5.89. The molecular formula is C14H14N4. The number of aryl methyl sites for hydroxylation is 1. The van der Waals surface area contributed by atoms with Crippen molar-refractivity contribution in [3.63, 3.8) is 0 Å². The fourth-order valence-corrected chi connectivity index (χ4v) is 1.97. The summed E-state index contributed by atoms with van der Waals surface area (Å²) in [6.45, 7) is 0.687. The number of nitrogens with one attached hydrogen (secondary N) is 1. The Hall–Kier alpha value is -2.36. The smallest absolute Gasteiger partial charge is 0.102 e. The fraction of sp³-hybridized carbons (Fsp3) is 0.143. The molecule has 4 nitrogen and oxygen atoms in total.